The summed E-state index contributed by atoms with van der Waals surface area (Å²) in [5.41, 5.74) is 6.04. The first-order valence-corrected chi connectivity index (χ1v) is 16.8. The van der Waals surface area contributed by atoms with E-state index < -0.39 is 0 Å². The van der Waals surface area contributed by atoms with E-state index in [-0.39, 0.29) is 11.6 Å². The van der Waals surface area contributed by atoms with Crippen molar-refractivity contribution in [1.82, 2.24) is 14.9 Å². The number of hydrogen-bond donors (Lipinski definition) is 2. The zero-order valence-electron chi connectivity index (χ0n) is 24.5. The van der Waals surface area contributed by atoms with Crippen LogP contribution in [0.3, 0.4) is 0 Å². The smallest absolute Gasteiger partial charge is 0.250 e. The number of likely N-dealkylation sites (tertiary alicyclic amines) is 1. The maximum Gasteiger partial charge on any atom is 0.250 e. The van der Waals surface area contributed by atoms with Gasteiger partial charge in [-0.3, -0.25) is 9.78 Å². The van der Waals surface area contributed by atoms with Crippen LogP contribution >= 0.6 is 23.5 Å². The third-order valence-electron chi connectivity index (χ3n) is 8.39. The van der Waals surface area contributed by atoms with Crippen LogP contribution < -0.4 is 15.8 Å². The molecule has 2 fully saturated rings. The SMILES string of the molecule is Cc1cccc(C(CCN2CCCC2)Nc2ccc3c(c2)Sc2cccc(-c4cc(N5CCOCC5)cc(=O)[nH]4)c2S3)n1. The minimum atomic E-state index is -0.0800. The second kappa shape index (κ2) is 12.8. The fraction of sp³-hybridized carbons (Fsp3) is 0.353. The van der Waals surface area contributed by atoms with E-state index in [1.807, 2.05) is 0 Å². The molecule has 4 aromatic rings. The maximum absolute atomic E-state index is 12.7. The first-order valence-electron chi connectivity index (χ1n) is 15.2. The van der Waals surface area contributed by atoms with Crippen molar-refractivity contribution in [3.8, 4) is 11.3 Å². The van der Waals surface area contributed by atoms with E-state index in [9.17, 15) is 4.79 Å². The van der Waals surface area contributed by atoms with Gasteiger partial charge in [0.1, 0.15) is 0 Å². The molecule has 0 amide bonds. The van der Waals surface area contributed by atoms with Crippen LogP contribution in [-0.4, -0.2) is 60.8 Å². The van der Waals surface area contributed by atoms with Crippen LogP contribution in [0.5, 0.6) is 0 Å². The molecule has 43 heavy (non-hydrogen) atoms. The number of H-pyrrole nitrogens is 1. The van der Waals surface area contributed by atoms with E-state index in [1.165, 1.54) is 45.5 Å². The fourth-order valence-electron chi connectivity index (χ4n) is 6.15. The molecule has 7 rings (SSSR count). The molecule has 3 aliphatic rings. The Morgan fingerprint density at radius 2 is 1.77 bits per heavy atom. The predicted molar refractivity (Wildman–Crippen MR) is 176 cm³/mol. The summed E-state index contributed by atoms with van der Waals surface area (Å²) >= 11 is 3.58. The van der Waals surface area contributed by atoms with Gasteiger partial charge in [0.15, 0.2) is 0 Å². The summed E-state index contributed by atoms with van der Waals surface area (Å²) < 4.78 is 5.52. The molecule has 5 heterocycles. The van der Waals surface area contributed by atoms with Crippen LogP contribution in [0.4, 0.5) is 11.4 Å². The Hall–Kier alpha value is -3.24. The molecule has 7 nitrogen and oxygen atoms in total. The average molecular weight is 612 g/mol. The van der Waals surface area contributed by atoms with E-state index in [0.29, 0.717) is 13.2 Å². The second-order valence-corrected chi connectivity index (χ2v) is 13.6. The lowest BCUT2D eigenvalue weighted by molar-refractivity contribution is 0.122. The van der Waals surface area contributed by atoms with Gasteiger partial charge in [0.05, 0.1) is 30.6 Å². The van der Waals surface area contributed by atoms with Crippen molar-refractivity contribution >= 4 is 34.9 Å². The highest BCUT2D eigenvalue weighted by Crippen LogP contribution is 2.52. The summed E-state index contributed by atoms with van der Waals surface area (Å²) in [6.45, 7) is 8.50. The van der Waals surface area contributed by atoms with Gasteiger partial charge in [0, 0.05) is 67.9 Å². The molecular formula is C34H37N5O2S2. The molecule has 222 valence electrons. The Bertz CT molecular complexity index is 1660. The Morgan fingerprint density at radius 1 is 0.930 bits per heavy atom. The highest BCUT2D eigenvalue weighted by Gasteiger charge is 2.23. The van der Waals surface area contributed by atoms with Gasteiger partial charge >= 0.3 is 0 Å². The summed E-state index contributed by atoms with van der Waals surface area (Å²) in [5, 5.41) is 3.84. The van der Waals surface area contributed by atoms with Gasteiger partial charge in [-0.15, -0.1) is 0 Å². The van der Waals surface area contributed by atoms with Gasteiger partial charge < -0.3 is 24.8 Å². The number of hydrogen-bond acceptors (Lipinski definition) is 8. The Labute approximate surface area is 261 Å². The van der Waals surface area contributed by atoms with Crippen molar-refractivity contribution in [2.45, 2.75) is 51.8 Å². The number of aryl methyl sites for hydroxylation is 1. The Balaban J connectivity index is 1.13. The van der Waals surface area contributed by atoms with Crippen LogP contribution in [0.1, 0.15) is 36.7 Å². The normalized spacial score (nSPS) is 17.4. The first kappa shape index (κ1) is 28.5. The number of rotatable bonds is 8. The fourth-order valence-corrected chi connectivity index (χ4v) is 8.57. The molecule has 0 saturated carbocycles. The van der Waals surface area contributed by atoms with Crippen LogP contribution in [0, 0.1) is 6.92 Å². The number of anilines is 2. The van der Waals surface area contributed by atoms with E-state index in [0.717, 1.165) is 60.1 Å². The molecule has 2 aromatic heterocycles. The number of fused-ring (bicyclic) bond motifs is 2. The van der Waals surface area contributed by atoms with E-state index in [2.05, 4.69) is 87.7 Å². The minimum absolute atomic E-state index is 0.0800. The quantitative estimate of drug-likeness (QED) is 0.198. The molecule has 2 N–H and O–H groups in total. The van der Waals surface area contributed by atoms with Crippen LogP contribution in [-0.2, 0) is 4.74 Å². The molecule has 2 saturated heterocycles. The molecule has 9 heteroatoms. The first-order chi connectivity index (χ1) is 21.1. The number of pyridine rings is 2. The van der Waals surface area contributed by atoms with Gasteiger partial charge in [0.25, 0.3) is 0 Å². The maximum atomic E-state index is 12.7. The van der Waals surface area contributed by atoms with Crippen molar-refractivity contribution in [3.63, 3.8) is 0 Å². The van der Waals surface area contributed by atoms with Gasteiger partial charge in [0.2, 0.25) is 5.56 Å². The van der Waals surface area contributed by atoms with E-state index in [4.69, 9.17) is 9.72 Å². The highest BCUT2D eigenvalue weighted by molar-refractivity contribution is 8.05. The lowest BCUT2D eigenvalue weighted by Gasteiger charge is -2.29. The van der Waals surface area contributed by atoms with Crippen molar-refractivity contribution in [2.24, 2.45) is 0 Å². The van der Waals surface area contributed by atoms with E-state index >= 15 is 0 Å². The van der Waals surface area contributed by atoms with Gasteiger partial charge in [-0.1, -0.05) is 41.7 Å². The molecule has 0 bridgehead atoms. The van der Waals surface area contributed by atoms with Crippen molar-refractivity contribution in [2.75, 3.05) is 56.2 Å². The topological polar surface area (TPSA) is 73.5 Å². The summed E-state index contributed by atoms with van der Waals surface area (Å²) in [5.74, 6) is 0. The number of ether oxygens (including phenoxy) is 1. The minimum Gasteiger partial charge on any atom is -0.378 e. The largest absolute Gasteiger partial charge is 0.378 e. The summed E-state index contributed by atoms with van der Waals surface area (Å²) in [4.78, 5) is 30.4. The Morgan fingerprint density at radius 3 is 2.60 bits per heavy atom. The van der Waals surface area contributed by atoms with Gasteiger partial charge in [-0.25, -0.2) is 0 Å². The van der Waals surface area contributed by atoms with Gasteiger partial charge in [-0.2, -0.15) is 0 Å². The zero-order chi connectivity index (χ0) is 29.2. The molecule has 1 unspecified atom stereocenters. The van der Waals surface area contributed by atoms with Crippen LogP contribution in [0.2, 0.25) is 0 Å². The second-order valence-electron chi connectivity index (χ2n) is 11.5. The zero-order valence-corrected chi connectivity index (χ0v) is 26.1. The molecule has 3 aliphatic heterocycles. The summed E-state index contributed by atoms with van der Waals surface area (Å²) in [7, 11) is 0. The van der Waals surface area contributed by atoms with Crippen LogP contribution in [0.25, 0.3) is 11.3 Å². The molecule has 0 radical (unpaired) electrons. The number of aromatic nitrogens is 2. The number of morpholine rings is 1. The number of benzene rings is 2. The third-order valence-corrected chi connectivity index (χ3v) is 11.0. The average Bonchev–Trinajstić information content (AvgIpc) is 3.56. The number of aromatic amines is 1. The third kappa shape index (κ3) is 6.50. The van der Waals surface area contributed by atoms with E-state index in [1.54, 1.807) is 29.6 Å². The molecule has 2 aromatic carbocycles. The number of nitrogens with zero attached hydrogens (tertiary/aromatic N) is 3. The standard InChI is InChI=1S/C34H37N5O2S2/c1-23-6-4-8-27(35-23)28(12-15-38-13-2-3-14-38)36-24-10-11-30-32(20-24)42-31-9-5-7-26(34(31)43-30)29-21-25(22-33(40)37-29)39-16-18-41-19-17-39/h4-11,20-22,28,36H,2-3,12-19H2,1H3,(H,37,40). The van der Waals surface area contributed by atoms with Gasteiger partial charge in [-0.05, 0) is 81.7 Å². The lowest BCUT2D eigenvalue weighted by atomic mass is 10.1. The molecular weight excluding hydrogens is 575 g/mol. The lowest BCUT2D eigenvalue weighted by Crippen LogP contribution is -2.36. The summed E-state index contributed by atoms with van der Waals surface area (Å²) in [6.07, 6.45) is 3.63. The highest BCUT2D eigenvalue weighted by atomic mass is 32.2. The monoisotopic (exact) mass is 611 g/mol. The summed E-state index contributed by atoms with van der Waals surface area (Å²) in [6, 6.07) is 23.4. The van der Waals surface area contributed by atoms with Crippen LogP contribution in [0.15, 0.2) is 91.1 Å². The molecule has 0 spiro atoms. The number of nitrogens with one attached hydrogen (secondary N) is 2. The molecule has 1 atom stereocenters. The molecule has 0 aliphatic carbocycles. The van der Waals surface area contributed by atoms with Crippen molar-refractivity contribution < 1.29 is 4.74 Å². The van der Waals surface area contributed by atoms with Crippen molar-refractivity contribution in [3.05, 3.63) is 88.5 Å². The predicted octanol–water partition coefficient (Wildman–Crippen LogP) is 6.84. The van der Waals surface area contributed by atoms with Crippen molar-refractivity contribution in [1.29, 1.82) is 0 Å². The Kier molecular flexibility index (Phi) is 8.48.